The molecule has 3 rings (SSSR count). The van der Waals surface area contributed by atoms with E-state index >= 15 is 0 Å². The number of ether oxygens (including phenoxy) is 1. The fourth-order valence-corrected chi connectivity index (χ4v) is 4.10. The molecule has 0 aliphatic carbocycles. The average Bonchev–Trinajstić information content (AvgIpc) is 2.83. The molecule has 2 amide bonds. The molecule has 2 aromatic rings. The van der Waals surface area contributed by atoms with Gasteiger partial charge in [0.15, 0.2) is 0 Å². The highest BCUT2D eigenvalue weighted by Crippen LogP contribution is 2.19. The highest BCUT2D eigenvalue weighted by atomic mass is 19.1. The summed E-state index contributed by atoms with van der Waals surface area (Å²) in [5, 5.41) is 19.6. The van der Waals surface area contributed by atoms with E-state index in [4.69, 9.17) is 4.74 Å². The lowest BCUT2D eigenvalue weighted by Crippen LogP contribution is -2.51. The minimum atomic E-state index is -0.935. The number of carbonyl (C=O) groups excluding carboxylic acids is 2. The number of aryl methyl sites for hydroxylation is 1. The maximum atomic E-state index is 14.3. The summed E-state index contributed by atoms with van der Waals surface area (Å²) in [6, 6.07) is 12.0. The minimum absolute atomic E-state index is 0.170. The first-order valence-corrected chi connectivity index (χ1v) is 12.4. The molecule has 0 fully saturated rings. The summed E-state index contributed by atoms with van der Waals surface area (Å²) in [7, 11) is 0. The van der Waals surface area contributed by atoms with E-state index in [-0.39, 0.29) is 25.4 Å². The van der Waals surface area contributed by atoms with E-state index in [2.05, 4.69) is 35.0 Å². The van der Waals surface area contributed by atoms with Gasteiger partial charge in [0.25, 0.3) is 0 Å². The van der Waals surface area contributed by atoms with Crippen molar-refractivity contribution in [3.05, 3.63) is 65.0 Å². The minimum Gasteiger partial charge on any atom is -0.493 e. The lowest BCUT2D eigenvalue weighted by Gasteiger charge is -2.25. The Kier molecular flexibility index (Phi) is 10.5. The van der Waals surface area contributed by atoms with E-state index in [0.717, 1.165) is 24.8 Å². The van der Waals surface area contributed by atoms with Crippen LogP contribution >= 0.6 is 0 Å². The van der Waals surface area contributed by atoms with Crippen LogP contribution in [-0.4, -0.2) is 48.8 Å². The van der Waals surface area contributed by atoms with Gasteiger partial charge in [-0.3, -0.25) is 9.59 Å². The quantitative estimate of drug-likeness (QED) is 0.504. The van der Waals surface area contributed by atoms with Crippen LogP contribution in [0.1, 0.15) is 49.3 Å². The summed E-state index contributed by atoms with van der Waals surface area (Å²) < 4.78 is 20.0. The van der Waals surface area contributed by atoms with Gasteiger partial charge < -0.3 is 25.8 Å². The van der Waals surface area contributed by atoms with Gasteiger partial charge in [-0.05, 0) is 60.9 Å². The van der Waals surface area contributed by atoms with Crippen LogP contribution in [-0.2, 0) is 29.0 Å². The number of carbonyl (C=O) groups is 2. The Morgan fingerprint density at radius 3 is 2.77 bits per heavy atom. The lowest BCUT2D eigenvalue weighted by atomic mass is 10.00. The van der Waals surface area contributed by atoms with Crippen LogP contribution in [0.15, 0.2) is 42.5 Å². The van der Waals surface area contributed by atoms with E-state index < -0.39 is 23.9 Å². The first kappa shape index (κ1) is 26.6. The predicted octanol–water partition coefficient (Wildman–Crippen LogP) is 2.64. The maximum absolute atomic E-state index is 14.3. The van der Waals surface area contributed by atoms with Crippen molar-refractivity contribution in [1.82, 2.24) is 16.0 Å². The van der Waals surface area contributed by atoms with Crippen LogP contribution in [0.3, 0.4) is 0 Å². The van der Waals surface area contributed by atoms with Crippen LogP contribution in [0.4, 0.5) is 4.39 Å². The molecule has 2 aromatic carbocycles. The number of benzene rings is 2. The molecule has 1 aliphatic rings. The first-order valence-electron chi connectivity index (χ1n) is 12.4. The van der Waals surface area contributed by atoms with Crippen molar-refractivity contribution in [2.24, 2.45) is 0 Å². The Balaban J connectivity index is 1.70. The molecule has 35 heavy (non-hydrogen) atoms. The molecule has 1 aliphatic heterocycles. The Bertz CT molecular complexity index is 985. The molecular weight excluding hydrogens is 449 g/mol. The number of fused-ring (bicyclic) bond motifs is 2. The molecule has 190 valence electrons. The number of nitrogens with one attached hydrogen (secondary N) is 3. The molecule has 0 radical (unpaired) electrons. The van der Waals surface area contributed by atoms with Gasteiger partial charge in [-0.2, -0.15) is 0 Å². The van der Waals surface area contributed by atoms with E-state index in [9.17, 15) is 19.1 Å². The Morgan fingerprint density at radius 1 is 1.11 bits per heavy atom. The molecule has 2 bridgehead atoms. The number of amides is 2. The number of aliphatic hydroxyl groups is 1. The third-order valence-corrected chi connectivity index (χ3v) is 6.04. The Hall–Kier alpha value is -2.97. The maximum Gasteiger partial charge on any atom is 0.239 e. The standard InChI is InChI=1S/C27H36FN3O4/c1-2-19-7-6-8-20(11-19)16-29-17-25(32)24-14-21-12-22(28)15-23(13-21)35-10-5-3-4-9-26(33)30-18-27(34)31-24/h6-8,11-13,15,24-25,29,32H,2-5,9-10,14,16-18H2,1H3,(H,30,33)(H,31,34)/t24?,25-/m1/s1. The molecule has 0 spiro atoms. The fourth-order valence-electron chi connectivity index (χ4n) is 4.10. The summed E-state index contributed by atoms with van der Waals surface area (Å²) in [6.45, 7) is 3.15. The van der Waals surface area contributed by atoms with Gasteiger partial charge in [0.2, 0.25) is 11.8 Å². The molecule has 8 heteroatoms. The smallest absolute Gasteiger partial charge is 0.239 e. The molecule has 1 unspecified atom stereocenters. The van der Waals surface area contributed by atoms with Crippen molar-refractivity contribution >= 4 is 11.8 Å². The predicted molar refractivity (Wildman–Crippen MR) is 133 cm³/mol. The summed E-state index contributed by atoms with van der Waals surface area (Å²) in [5.41, 5.74) is 2.95. The molecule has 0 saturated carbocycles. The van der Waals surface area contributed by atoms with E-state index in [1.807, 2.05) is 12.1 Å². The highest BCUT2D eigenvalue weighted by molar-refractivity contribution is 5.84. The van der Waals surface area contributed by atoms with Crippen LogP contribution in [0.25, 0.3) is 0 Å². The van der Waals surface area contributed by atoms with Gasteiger partial charge in [0.1, 0.15) is 11.6 Å². The topological polar surface area (TPSA) is 99.7 Å². The fraction of sp³-hybridized carbons (Fsp3) is 0.481. The van der Waals surface area contributed by atoms with Gasteiger partial charge in [-0.15, -0.1) is 0 Å². The zero-order valence-corrected chi connectivity index (χ0v) is 20.3. The van der Waals surface area contributed by atoms with Crippen LogP contribution in [0.5, 0.6) is 5.75 Å². The zero-order valence-electron chi connectivity index (χ0n) is 20.3. The normalized spacial score (nSPS) is 18.8. The summed E-state index contributed by atoms with van der Waals surface area (Å²) in [4.78, 5) is 24.5. The van der Waals surface area contributed by atoms with Crippen molar-refractivity contribution in [2.75, 3.05) is 19.7 Å². The summed E-state index contributed by atoms with van der Waals surface area (Å²) in [5.74, 6) is -0.607. The number of hydrogen-bond acceptors (Lipinski definition) is 5. The van der Waals surface area contributed by atoms with E-state index in [1.54, 1.807) is 6.07 Å². The van der Waals surface area contributed by atoms with Crippen LogP contribution in [0, 0.1) is 5.82 Å². The molecule has 0 aromatic heterocycles. The molecule has 7 nitrogen and oxygen atoms in total. The van der Waals surface area contributed by atoms with Crippen molar-refractivity contribution < 1.29 is 23.8 Å². The van der Waals surface area contributed by atoms with Crippen molar-refractivity contribution in [3.8, 4) is 5.75 Å². The second-order valence-corrected chi connectivity index (χ2v) is 8.98. The van der Waals surface area contributed by atoms with Gasteiger partial charge in [0.05, 0.1) is 25.3 Å². The highest BCUT2D eigenvalue weighted by Gasteiger charge is 2.23. The molecular formula is C27H36FN3O4. The average molecular weight is 486 g/mol. The monoisotopic (exact) mass is 485 g/mol. The van der Waals surface area contributed by atoms with Crippen molar-refractivity contribution in [3.63, 3.8) is 0 Å². The third-order valence-electron chi connectivity index (χ3n) is 6.04. The van der Waals surface area contributed by atoms with Gasteiger partial charge in [-0.25, -0.2) is 4.39 Å². The molecule has 4 N–H and O–H groups in total. The third kappa shape index (κ3) is 9.30. The SMILES string of the molecule is CCc1cccc(CNC[C@@H](O)C2Cc3cc(F)cc(c3)OCCCCCC(=O)NCC(=O)N2)c1. The number of aliphatic hydroxyl groups excluding tert-OH is 1. The molecule has 0 saturated heterocycles. The van der Waals surface area contributed by atoms with Crippen LogP contribution in [0.2, 0.25) is 0 Å². The molecule has 1 heterocycles. The van der Waals surface area contributed by atoms with Crippen molar-refractivity contribution in [2.45, 2.75) is 64.1 Å². The van der Waals surface area contributed by atoms with Gasteiger partial charge in [0, 0.05) is 25.6 Å². The van der Waals surface area contributed by atoms with Gasteiger partial charge in [-0.1, -0.05) is 31.2 Å². The Labute approximate surface area is 206 Å². The zero-order chi connectivity index (χ0) is 25.0. The number of rotatable bonds is 6. The van der Waals surface area contributed by atoms with E-state index in [0.29, 0.717) is 37.3 Å². The summed E-state index contributed by atoms with van der Waals surface area (Å²) in [6.07, 6.45) is 2.77. The van der Waals surface area contributed by atoms with Gasteiger partial charge >= 0.3 is 0 Å². The first-order chi connectivity index (χ1) is 16.9. The Morgan fingerprint density at radius 2 is 1.94 bits per heavy atom. The molecule has 2 atom stereocenters. The van der Waals surface area contributed by atoms with Crippen LogP contribution < -0.4 is 20.7 Å². The summed E-state index contributed by atoms with van der Waals surface area (Å²) >= 11 is 0. The second-order valence-electron chi connectivity index (χ2n) is 8.98. The lowest BCUT2D eigenvalue weighted by molar-refractivity contribution is -0.126. The second kappa shape index (κ2) is 13.8. The number of hydrogen-bond donors (Lipinski definition) is 4. The van der Waals surface area contributed by atoms with Crippen molar-refractivity contribution in [1.29, 1.82) is 0 Å². The largest absolute Gasteiger partial charge is 0.493 e. The van der Waals surface area contributed by atoms with E-state index in [1.165, 1.54) is 17.7 Å². The number of halogens is 1.